The number of rotatable bonds is 7. The van der Waals surface area contributed by atoms with Gasteiger partial charge in [0.25, 0.3) is 16.8 Å². The molecule has 148 valence electrons. The van der Waals surface area contributed by atoms with Crippen LogP contribution >= 0.6 is 11.8 Å². The number of carboxylic acids is 1. The van der Waals surface area contributed by atoms with Crippen LogP contribution in [0.4, 0.5) is 10.5 Å². The van der Waals surface area contributed by atoms with Crippen LogP contribution in [0.25, 0.3) is 6.08 Å². The summed E-state index contributed by atoms with van der Waals surface area (Å²) in [4.78, 5) is 46.9. The molecule has 0 saturated carbocycles. The van der Waals surface area contributed by atoms with E-state index in [1.54, 1.807) is 36.4 Å². The quantitative estimate of drug-likeness (QED) is 0.415. The zero-order valence-electron chi connectivity index (χ0n) is 14.8. The number of imide groups is 1. The molecule has 0 atom stereocenters. The number of ether oxygens (including phenoxy) is 1. The minimum absolute atomic E-state index is 0.0638. The third-order valence-electron chi connectivity index (χ3n) is 3.88. The average Bonchev–Trinajstić information content (AvgIpc) is 2.95. The molecule has 29 heavy (non-hydrogen) atoms. The Balaban J connectivity index is 1.72. The van der Waals surface area contributed by atoms with E-state index in [-0.39, 0.29) is 17.1 Å². The second-order valence-corrected chi connectivity index (χ2v) is 6.94. The zero-order valence-corrected chi connectivity index (χ0v) is 15.6. The van der Waals surface area contributed by atoms with Crippen molar-refractivity contribution in [3.63, 3.8) is 0 Å². The van der Waals surface area contributed by atoms with Crippen LogP contribution in [-0.4, -0.2) is 38.7 Å². The number of non-ortho nitro benzene ring substituents is 1. The Morgan fingerprint density at radius 3 is 2.59 bits per heavy atom. The first kappa shape index (κ1) is 20.1. The van der Waals surface area contributed by atoms with Gasteiger partial charge in [0, 0.05) is 12.1 Å². The lowest BCUT2D eigenvalue weighted by Gasteiger charge is -2.12. The predicted octanol–water partition coefficient (Wildman–Crippen LogP) is 3.29. The topological polar surface area (TPSA) is 127 Å². The molecule has 1 N–H and O–H groups in total. The van der Waals surface area contributed by atoms with Gasteiger partial charge in [0.1, 0.15) is 5.75 Å². The van der Waals surface area contributed by atoms with Crippen molar-refractivity contribution in [1.82, 2.24) is 4.90 Å². The molecule has 10 heteroatoms. The van der Waals surface area contributed by atoms with Gasteiger partial charge in [0.2, 0.25) is 0 Å². The van der Waals surface area contributed by atoms with Crippen LogP contribution in [0.1, 0.15) is 11.1 Å². The number of nitrogens with zero attached hydrogens (tertiary/aromatic N) is 2. The van der Waals surface area contributed by atoms with Gasteiger partial charge in [0.15, 0.2) is 6.61 Å². The van der Waals surface area contributed by atoms with E-state index in [0.29, 0.717) is 16.9 Å². The molecule has 1 aliphatic rings. The van der Waals surface area contributed by atoms with Crippen LogP contribution in [0, 0.1) is 10.1 Å². The van der Waals surface area contributed by atoms with Gasteiger partial charge in [0.05, 0.1) is 16.4 Å². The van der Waals surface area contributed by atoms with Crippen LogP contribution < -0.4 is 4.74 Å². The maximum Gasteiger partial charge on any atom is 0.341 e. The first-order valence-electron chi connectivity index (χ1n) is 8.27. The molecule has 0 aliphatic carbocycles. The summed E-state index contributed by atoms with van der Waals surface area (Å²) < 4.78 is 5.04. The monoisotopic (exact) mass is 414 g/mol. The van der Waals surface area contributed by atoms with E-state index in [1.165, 1.54) is 18.2 Å². The van der Waals surface area contributed by atoms with E-state index in [9.17, 15) is 24.5 Å². The number of aliphatic carboxylic acids is 1. The Kier molecular flexibility index (Phi) is 5.93. The second-order valence-electron chi connectivity index (χ2n) is 5.95. The lowest BCUT2D eigenvalue weighted by molar-refractivity contribution is -0.384. The van der Waals surface area contributed by atoms with Crippen molar-refractivity contribution in [2.75, 3.05) is 6.61 Å². The minimum Gasteiger partial charge on any atom is -0.482 e. The standard InChI is InChI=1S/C19H14N2O7S/c22-17(23)11-28-15-6-4-12(5-7-15)9-16-18(24)20(19(25)29-16)10-13-2-1-3-14(8-13)21(26)27/h1-9H,10-11H2,(H,22,23)/b16-9+. The molecular formula is C19H14N2O7S. The SMILES string of the molecule is O=C(O)COc1ccc(/C=C2/SC(=O)N(Cc3cccc([N+](=O)[O-])c3)C2=O)cc1. The van der Waals surface area contributed by atoms with E-state index in [2.05, 4.69) is 0 Å². The van der Waals surface area contributed by atoms with Crippen molar-refractivity contribution in [3.05, 3.63) is 74.7 Å². The molecule has 2 aromatic rings. The fourth-order valence-corrected chi connectivity index (χ4v) is 3.38. The first-order chi connectivity index (χ1) is 13.8. The Hall–Kier alpha value is -3.66. The predicted molar refractivity (Wildman–Crippen MR) is 104 cm³/mol. The van der Waals surface area contributed by atoms with Gasteiger partial charge in [-0.2, -0.15) is 0 Å². The number of carbonyl (C=O) groups is 3. The van der Waals surface area contributed by atoms with E-state index in [1.807, 2.05) is 0 Å². The number of hydrogen-bond acceptors (Lipinski definition) is 7. The molecule has 0 unspecified atom stereocenters. The maximum absolute atomic E-state index is 12.6. The number of amides is 2. The van der Waals surface area contributed by atoms with Gasteiger partial charge in [-0.1, -0.05) is 24.3 Å². The summed E-state index contributed by atoms with van der Waals surface area (Å²) >= 11 is 0.780. The molecule has 1 heterocycles. The van der Waals surface area contributed by atoms with Gasteiger partial charge < -0.3 is 9.84 Å². The summed E-state index contributed by atoms with van der Waals surface area (Å²) in [7, 11) is 0. The van der Waals surface area contributed by atoms with Gasteiger partial charge in [-0.05, 0) is 41.1 Å². The van der Waals surface area contributed by atoms with Crippen LogP contribution in [-0.2, 0) is 16.1 Å². The van der Waals surface area contributed by atoms with E-state index >= 15 is 0 Å². The Labute approximate surface area is 168 Å². The third-order valence-corrected chi connectivity index (χ3v) is 4.78. The van der Waals surface area contributed by atoms with Crippen molar-refractivity contribution in [1.29, 1.82) is 0 Å². The number of carboxylic acid groups (broad SMARTS) is 1. The summed E-state index contributed by atoms with van der Waals surface area (Å²) in [5.41, 5.74) is 0.992. The number of carbonyl (C=O) groups excluding carboxylic acids is 2. The minimum atomic E-state index is -1.09. The zero-order chi connectivity index (χ0) is 21.0. The summed E-state index contributed by atoms with van der Waals surface area (Å²) in [6.45, 7) is -0.526. The molecule has 2 aromatic carbocycles. The van der Waals surface area contributed by atoms with Crippen LogP contribution in [0.3, 0.4) is 0 Å². The van der Waals surface area contributed by atoms with E-state index in [4.69, 9.17) is 9.84 Å². The van der Waals surface area contributed by atoms with Crippen LogP contribution in [0.2, 0.25) is 0 Å². The number of nitro benzene ring substituents is 1. The molecule has 1 fully saturated rings. The third kappa shape index (κ3) is 4.99. The number of hydrogen-bond donors (Lipinski definition) is 1. The fourth-order valence-electron chi connectivity index (χ4n) is 2.54. The summed E-state index contributed by atoms with van der Waals surface area (Å²) in [6, 6.07) is 12.1. The molecule has 1 saturated heterocycles. The number of thioether (sulfide) groups is 1. The van der Waals surface area contributed by atoms with Crippen LogP contribution in [0.5, 0.6) is 5.75 Å². The first-order valence-corrected chi connectivity index (χ1v) is 9.08. The lowest BCUT2D eigenvalue weighted by Crippen LogP contribution is -2.27. The van der Waals surface area contributed by atoms with Crippen molar-refractivity contribution < 1.29 is 29.2 Å². The summed E-state index contributed by atoms with van der Waals surface area (Å²) in [5, 5.41) is 19.0. The summed E-state index contributed by atoms with van der Waals surface area (Å²) in [6.07, 6.45) is 1.54. The van der Waals surface area contributed by atoms with Crippen molar-refractivity contribution in [2.45, 2.75) is 6.54 Å². The average molecular weight is 414 g/mol. The Morgan fingerprint density at radius 1 is 1.21 bits per heavy atom. The van der Waals surface area contributed by atoms with E-state index in [0.717, 1.165) is 16.7 Å². The highest BCUT2D eigenvalue weighted by Crippen LogP contribution is 2.33. The molecule has 3 rings (SSSR count). The van der Waals surface area contributed by atoms with Gasteiger partial charge >= 0.3 is 5.97 Å². The lowest BCUT2D eigenvalue weighted by atomic mass is 10.2. The largest absolute Gasteiger partial charge is 0.482 e. The van der Waals surface area contributed by atoms with Gasteiger partial charge in [-0.3, -0.25) is 24.6 Å². The highest BCUT2D eigenvalue weighted by atomic mass is 32.2. The Bertz CT molecular complexity index is 1020. The van der Waals surface area contributed by atoms with Gasteiger partial charge in [-0.25, -0.2) is 4.79 Å². The van der Waals surface area contributed by atoms with Crippen molar-refractivity contribution >= 4 is 40.6 Å². The Morgan fingerprint density at radius 2 is 1.93 bits per heavy atom. The van der Waals surface area contributed by atoms with Crippen LogP contribution in [0.15, 0.2) is 53.4 Å². The molecular weight excluding hydrogens is 400 g/mol. The molecule has 1 aliphatic heterocycles. The molecule has 0 aromatic heterocycles. The van der Waals surface area contributed by atoms with Gasteiger partial charge in [-0.15, -0.1) is 0 Å². The molecule has 9 nitrogen and oxygen atoms in total. The maximum atomic E-state index is 12.6. The summed E-state index contributed by atoms with van der Waals surface area (Å²) in [5.74, 6) is -1.22. The van der Waals surface area contributed by atoms with E-state index < -0.39 is 28.6 Å². The smallest absolute Gasteiger partial charge is 0.341 e. The normalized spacial score (nSPS) is 15.0. The molecule has 0 radical (unpaired) electrons. The number of nitro groups is 1. The highest BCUT2D eigenvalue weighted by molar-refractivity contribution is 8.18. The van der Waals surface area contributed by atoms with Crippen molar-refractivity contribution in [3.8, 4) is 5.75 Å². The highest BCUT2D eigenvalue weighted by Gasteiger charge is 2.35. The molecule has 2 amide bonds. The fraction of sp³-hybridized carbons (Fsp3) is 0.105. The molecule has 0 spiro atoms. The van der Waals surface area contributed by atoms with Crippen molar-refractivity contribution in [2.24, 2.45) is 0 Å². The second kappa shape index (κ2) is 8.57. The molecule has 0 bridgehead atoms. The number of benzene rings is 2.